The number of carbonyl (C=O) groups excluding carboxylic acids is 1. The van der Waals surface area contributed by atoms with E-state index in [0.29, 0.717) is 17.6 Å². The molecule has 2 aromatic carbocycles. The molecule has 6 nitrogen and oxygen atoms in total. The molecule has 0 saturated heterocycles. The first kappa shape index (κ1) is 15.3. The Morgan fingerprint density at radius 1 is 1.26 bits per heavy atom. The van der Waals surface area contributed by atoms with E-state index in [1.807, 2.05) is 17.6 Å². The summed E-state index contributed by atoms with van der Waals surface area (Å²) in [5, 5.41) is 18.4. The SMILES string of the molecule is Cc1cc(B(O)O)ccc1Cn1cnc2ccc(C(N)=O)cc21. The van der Waals surface area contributed by atoms with E-state index in [1.54, 1.807) is 36.7 Å². The average molecular weight is 309 g/mol. The van der Waals surface area contributed by atoms with Crippen molar-refractivity contribution >= 4 is 29.5 Å². The van der Waals surface area contributed by atoms with Crippen molar-refractivity contribution in [3.63, 3.8) is 0 Å². The van der Waals surface area contributed by atoms with Crippen LogP contribution < -0.4 is 11.2 Å². The quantitative estimate of drug-likeness (QED) is 0.598. The molecule has 0 aliphatic rings. The number of benzene rings is 2. The summed E-state index contributed by atoms with van der Waals surface area (Å²) in [6.07, 6.45) is 1.71. The molecule has 7 heteroatoms. The fraction of sp³-hybridized carbons (Fsp3) is 0.125. The van der Waals surface area contributed by atoms with Crippen molar-refractivity contribution in [1.29, 1.82) is 0 Å². The smallest absolute Gasteiger partial charge is 0.423 e. The van der Waals surface area contributed by atoms with Gasteiger partial charge < -0.3 is 20.3 Å². The van der Waals surface area contributed by atoms with Gasteiger partial charge in [0.1, 0.15) is 0 Å². The maximum atomic E-state index is 11.3. The first-order valence-electron chi connectivity index (χ1n) is 7.16. The number of amides is 1. The molecule has 0 aliphatic carbocycles. The molecule has 0 radical (unpaired) electrons. The number of hydrogen-bond acceptors (Lipinski definition) is 4. The average Bonchev–Trinajstić information content (AvgIpc) is 2.91. The van der Waals surface area contributed by atoms with Gasteiger partial charge in [-0.15, -0.1) is 0 Å². The van der Waals surface area contributed by atoms with Gasteiger partial charge in [0, 0.05) is 12.1 Å². The Labute approximate surface area is 133 Å². The van der Waals surface area contributed by atoms with Crippen LogP contribution in [0.3, 0.4) is 0 Å². The third-order valence-electron chi connectivity index (χ3n) is 3.91. The van der Waals surface area contributed by atoms with Gasteiger partial charge in [-0.1, -0.05) is 18.2 Å². The van der Waals surface area contributed by atoms with Gasteiger partial charge in [0.05, 0.1) is 17.4 Å². The van der Waals surface area contributed by atoms with Crippen LogP contribution in [0.25, 0.3) is 11.0 Å². The van der Waals surface area contributed by atoms with Gasteiger partial charge in [0.25, 0.3) is 0 Å². The molecule has 0 saturated carbocycles. The van der Waals surface area contributed by atoms with E-state index < -0.39 is 13.0 Å². The minimum Gasteiger partial charge on any atom is -0.423 e. The predicted octanol–water partition coefficient (Wildman–Crippen LogP) is 0.172. The van der Waals surface area contributed by atoms with Crippen molar-refractivity contribution in [2.75, 3.05) is 0 Å². The molecule has 1 amide bonds. The van der Waals surface area contributed by atoms with Crippen molar-refractivity contribution in [1.82, 2.24) is 9.55 Å². The van der Waals surface area contributed by atoms with E-state index in [-0.39, 0.29) is 0 Å². The summed E-state index contributed by atoms with van der Waals surface area (Å²) in [6, 6.07) is 10.4. The molecular weight excluding hydrogens is 293 g/mol. The number of nitrogens with zero attached hydrogens (tertiary/aromatic N) is 2. The highest BCUT2D eigenvalue weighted by molar-refractivity contribution is 6.58. The fourth-order valence-corrected chi connectivity index (χ4v) is 2.58. The van der Waals surface area contributed by atoms with Crippen molar-refractivity contribution in [2.24, 2.45) is 5.73 Å². The summed E-state index contributed by atoms with van der Waals surface area (Å²) in [5.74, 6) is -0.475. The Hall–Kier alpha value is -2.64. The van der Waals surface area contributed by atoms with Gasteiger partial charge in [-0.05, 0) is 41.7 Å². The zero-order valence-corrected chi connectivity index (χ0v) is 12.6. The minimum atomic E-state index is -1.48. The number of carbonyl (C=O) groups is 1. The number of primary amides is 1. The Balaban J connectivity index is 1.98. The van der Waals surface area contributed by atoms with E-state index in [4.69, 9.17) is 5.73 Å². The third kappa shape index (κ3) is 2.97. The van der Waals surface area contributed by atoms with Crippen LogP contribution in [0.2, 0.25) is 0 Å². The third-order valence-corrected chi connectivity index (χ3v) is 3.91. The number of aryl methyl sites for hydroxylation is 1. The summed E-state index contributed by atoms with van der Waals surface area (Å²) < 4.78 is 1.93. The molecule has 23 heavy (non-hydrogen) atoms. The topological polar surface area (TPSA) is 101 Å². The van der Waals surface area contributed by atoms with Gasteiger partial charge >= 0.3 is 7.12 Å². The molecule has 0 spiro atoms. The number of rotatable bonds is 4. The van der Waals surface area contributed by atoms with E-state index in [2.05, 4.69) is 4.98 Å². The van der Waals surface area contributed by atoms with Gasteiger partial charge in [-0.3, -0.25) is 4.79 Å². The molecule has 3 rings (SSSR count). The Kier molecular flexibility index (Phi) is 3.89. The molecule has 0 bridgehead atoms. The lowest BCUT2D eigenvalue weighted by Gasteiger charge is -2.10. The Bertz CT molecular complexity index is 889. The van der Waals surface area contributed by atoms with Gasteiger partial charge in [-0.2, -0.15) is 0 Å². The van der Waals surface area contributed by atoms with Crippen LogP contribution in [0, 0.1) is 6.92 Å². The fourth-order valence-electron chi connectivity index (χ4n) is 2.58. The van der Waals surface area contributed by atoms with E-state index in [9.17, 15) is 14.8 Å². The second-order valence-corrected chi connectivity index (χ2v) is 5.50. The zero-order chi connectivity index (χ0) is 16.6. The van der Waals surface area contributed by atoms with Crippen molar-refractivity contribution in [2.45, 2.75) is 13.5 Å². The summed E-state index contributed by atoms with van der Waals surface area (Å²) in [5.41, 5.74) is 9.81. The van der Waals surface area contributed by atoms with E-state index >= 15 is 0 Å². The molecule has 0 unspecified atom stereocenters. The summed E-state index contributed by atoms with van der Waals surface area (Å²) in [4.78, 5) is 15.7. The monoisotopic (exact) mass is 309 g/mol. The second kappa shape index (κ2) is 5.87. The highest BCUT2D eigenvalue weighted by atomic mass is 16.4. The van der Waals surface area contributed by atoms with Crippen molar-refractivity contribution in [3.05, 3.63) is 59.4 Å². The molecule has 116 valence electrons. The van der Waals surface area contributed by atoms with Gasteiger partial charge in [0.2, 0.25) is 5.91 Å². The molecule has 3 aromatic rings. The molecular formula is C16H16BN3O3. The van der Waals surface area contributed by atoms with Crippen molar-refractivity contribution in [3.8, 4) is 0 Å². The van der Waals surface area contributed by atoms with Crippen molar-refractivity contribution < 1.29 is 14.8 Å². The van der Waals surface area contributed by atoms with Crippen LogP contribution in [-0.2, 0) is 6.54 Å². The summed E-state index contributed by atoms with van der Waals surface area (Å²) in [6.45, 7) is 2.47. The Morgan fingerprint density at radius 2 is 2.04 bits per heavy atom. The lowest BCUT2D eigenvalue weighted by atomic mass is 9.79. The number of aromatic nitrogens is 2. The summed E-state index contributed by atoms with van der Waals surface area (Å²) >= 11 is 0. The highest BCUT2D eigenvalue weighted by Gasteiger charge is 2.13. The standard InChI is InChI=1S/C16H16BN3O3/c1-10-6-13(17(22)23)4-2-12(10)8-20-9-19-14-5-3-11(16(18)21)7-15(14)20/h2-7,9,22-23H,8H2,1H3,(H2,18,21). The molecule has 1 heterocycles. The van der Waals surface area contributed by atoms with Crippen LogP contribution in [0.1, 0.15) is 21.5 Å². The lowest BCUT2D eigenvalue weighted by molar-refractivity contribution is 0.100. The maximum Gasteiger partial charge on any atom is 0.488 e. The maximum absolute atomic E-state index is 11.3. The normalized spacial score (nSPS) is 10.9. The highest BCUT2D eigenvalue weighted by Crippen LogP contribution is 2.17. The van der Waals surface area contributed by atoms with E-state index in [0.717, 1.165) is 22.2 Å². The predicted molar refractivity (Wildman–Crippen MR) is 88.4 cm³/mol. The zero-order valence-electron chi connectivity index (χ0n) is 12.6. The largest absolute Gasteiger partial charge is 0.488 e. The molecule has 4 N–H and O–H groups in total. The number of hydrogen-bond donors (Lipinski definition) is 3. The molecule has 1 aromatic heterocycles. The molecule has 0 aliphatic heterocycles. The first-order chi connectivity index (χ1) is 11.0. The molecule has 0 atom stereocenters. The van der Waals surface area contributed by atoms with E-state index in [1.165, 1.54) is 0 Å². The lowest BCUT2D eigenvalue weighted by Crippen LogP contribution is -2.30. The van der Waals surface area contributed by atoms with Crippen LogP contribution in [0.4, 0.5) is 0 Å². The number of imidazole rings is 1. The first-order valence-corrected chi connectivity index (χ1v) is 7.16. The number of fused-ring (bicyclic) bond motifs is 1. The van der Waals surface area contributed by atoms with Gasteiger partial charge in [0.15, 0.2) is 0 Å². The molecule has 0 fully saturated rings. The van der Waals surface area contributed by atoms with Crippen LogP contribution in [-0.4, -0.2) is 32.6 Å². The van der Waals surface area contributed by atoms with Crippen LogP contribution in [0.15, 0.2) is 42.7 Å². The van der Waals surface area contributed by atoms with Crippen LogP contribution in [0.5, 0.6) is 0 Å². The Morgan fingerprint density at radius 3 is 2.70 bits per heavy atom. The number of nitrogens with two attached hydrogens (primary N) is 1. The minimum absolute atomic E-state index is 0.440. The van der Waals surface area contributed by atoms with Crippen LogP contribution >= 0.6 is 0 Å². The van der Waals surface area contributed by atoms with Gasteiger partial charge in [-0.25, -0.2) is 4.98 Å². The summed E-state index contributed by atoms with van der Waals surface area (Å²) in [7, 11) is -1.48. The second-order valence-electron chi connectivity index (χ2n) is 5.50.